The molecule has 0 radical (unpaired) electrons. The second-order valence-electron chi connectivity index (χ2n) is 7.01. The third-order valence-corrected chi connectivity index (χ3v) is 5.33. The second kappa shape index (κ2) is 6.43. The Morgan fingerprint density at radius 3 is 2.16 bits per heavy atom. The van der Waals surface area contributed by atoms with Crippen molar-refractivity contribution in [2.45, 2.75) is 52.4 Å². The van der Waals surface area contributed by atoms with E-state index in [2.05, 4.69) is 54.9 Å². The van der Waals surface area contributed by atoms with E-state index in [0.717, 1.165) is 11.3 Å². The maximum Gasteiger partial charge on any atom is 0.237 e. The SMILES string of the molecule is CCC1(c2ccc(-[n+]3c(C)cc(C)cc3C)cc2)CCC(=O)NC1=O. The Morgan fingerprint density at radius 2 is 1.64 bits per heavy atom. The van der Waals surface area contributed by atoms with Gasteiger partial charge < -0.3 is 0 Å². The lowest BCUT2D eigenvalue weighted by molar-refractivity contribution is -0.609. The molecule has 1 saturated heterocycles. The number of carbonyl (C=O) groups is 2. The van der Waals surface area contributed by atoms with E-state index in [9.17, 15) is 9.59 Å². The van der Waals surface area contributed by atoms with E-state index in [1.807, 2.05) is 19.1 Å². The van der Waals surface area contributed by atoms with Crippen LogP contribution in [0.25, 0.3) is 5.69 Å². The second-order valence-corrected chi connectivity index (χ2v) is 7.01. The van der Waals surface area contributed by atoms with Crippen LogP contribution in [-0.4, -0.2) is 11.8 Å². The minimum absolute atomic E-state index is 0.172. The molecule has 0 aliphatic carbocycles. The van der Waals surface area contributed by atoms with Crippen molar-refractivity contribution in [3.8, 4) is 5.69 Å². The Bertz CT molecular complexity index is 816. The molecule has 4 nitrogen and oxygen atoms in total. The molecule has 2 aromatic rings. The van der Waals surface area contributed by atoms with Crippen LogP contribution in [-0.2, 0) is 15.0 Å². The van der Waals surface area contributed by atoms with Gasteiger partial charge in [0.25, 0.3) is 0 Å². The van der Waals surface area contributed by atoms with Crippen LogP contribution >= 0.6 is 0 Å². The van der Waals surface area contributed by atoms with Gasteiger partial charge in [0.2, 0.25) is 17.5 Å². The van der Waals surface area contributed by atoms with E-state index in [0.29, 0.717) is 19.3 Å². The Kier molecular flexibility index (Phi) is 4.46. The third-order valence-electron chi connectivity index (χ3n) is 5.33. The van der Waals surface area contributed by atoms with Gasteiger partial charge in [0, 0.05) is 44.5 Å². The molecule has 0 bridgehead atoms. The fraction of sp³-hybridized carbons (Fsp3) is 0.381. The summed E-state index contributed by atoms with van der Waals surface area (Å²) >= 11 is 0. The Morgan fingerprint density at radius 1 is 1.04 bits per heavy atom. The first-order valence-corrected chi connectivity index (χ1v) is 8.82. The molecule has 1 aromatic heterocycles. The van der Waals surface area contributed by atoms with Crippen molar-refractivity contribution in [1.29, 1.82) is 0 Å². The highest BCUT2D eigenvalue weighted by molar-refractivity contribution is 6.03. The van der Waals surface area contributed by atoms with Gasteiger partial charge in [0.1, 0.15) is 0 Å². The first-order valence-electron chi connectivity index (χ1n) is 8.82. The van der Waals surface area contributed by atoms with Gasteiger partial charge in [-0.3, -0.25) is 14.9 Å². The summed E-state index contributed by atoms with van der Waals surface area (Å²) in [7, 11) is 0. The molecule has 3 rings (SSSR count). The van der Waals surface area contributed by atoms with Gasteiger partial charge in [-0.05, 0) is 30.9 Å². The Balaban J connectivity index is 2.00. The van der Waals surface area contributed by atoms with Gasteiger partial charge in [-0.15, -0.1) is 0 Å². The van der Waals surface area contributed by atoms with Gasteiger partial charge in [-0.25, -0.2) is 0 Å². The van der Waals surface area contributed by atoms with Crippen LogP contribution < -0.4 is 9.88 Å². The number of amides is 2. The summed E-state index contributed by atoms with van der Waals surface area (Å²) in [6.07, 6.45) is 1.65. The van der Waals surface area contributed by atoms with E-state index in [-0.39, 0.29) is 11.8 Å². The number of hydrogen-bond donors (Lipinski definition) is 1. The third kappa shape index (κ3) is 2.97. The Hall–Kier alpha value is -2.49. The zero-order valence-corrected chi connectivity index (χ0v) is 15.3. The highest BCUT2D eigenvalue weighted by Gasteiger charge is 2.42. The number of benzene rings is 1. The van der Waals surface area contributed by atoms with Crippen LogP contribution in [0.5, 0.6) is 0 Å². The van der Waals surface area contributed by atoms with Gasteiger partial charge >= 0.3 is 0 Å². The molecule has 1 aliphatic rings. The van der Waals surface area contributed by atoms with Crippen LogP contribution in [0.15, 0.2) is 36.4 Å². The van der Waals surface area contributed by atoms with Crippen LogP contribution in [0.2, 0.25) is 0 Å². The number of carbonyl (C=O) groups excluding carboxylic acids is 2. The monoisotopic (exact) mass is 337 g/mol. The zero-order chi connectivity index (χ0) is 18.2. The molecule has 1 N–H and O–H groups in total. The fourth-order valence-corrected chi connectivity index (χ4v) is 4.01. The molecule has 1 fully saturated rings. The predicted octanol–water partition coefficient (Wildman–Crippen LogP) is 2.97. The van der Waals surface area contributed by atoms with Crippen molar-refractivity contribution in [3.05, 3.63) is 58.9 Å². The van der Waals surface area contributed by atoms with Crippen LogP contribution in [0.3, 0.4) is 0 Å². The minimum Gasteiger partial charge on any atom is -0.296 e. The fourth-order valence-electron chi connectivity index (χ4n) is 4.01. The number of piperidine rings is 1. The number of imide groups is 1. The zero-order valence-electron chi connectivity index (χ0n) is 15.3. The summed E-state index contributed by atoms with van der Waals surface area (Å²) in [5.41, 5.74) is 5.06. The van der Waals surface area contributed by atoms with Crippen LogP contribution in [0, 0.1) is 20.8 Å². The molecular weight excluding hydrogens is 312 g/mol. The molecule has 0 spiro atoms. The molecule has 1 aliphatic heterocycles. The van der Waals surface area contributed by atoms with Gasteiger partial charge in [-0.1, -0.05) is 19.1 Å². The van der Waals surface area contributed by atoms with Crippen LogP contribution in [0.4, 0.5) is 0 Å². The Labute approximate surface area is 148 Å². The number of rotatable bonds is 3. The highest BCUT2D eigenvalue weighted by Crippen LogP contribution is 2.35. The van der Waals surface area contributed by atoms with Crippen molar-refractivity contribution in [1.82, 2.24) is 5.32 Å². The molecule has 1 aromatic carbocycles. The number of nitrogens with zero attached hydrogens (tertiary/aromatic N) is 1. The average molecular weight is 337 g/mol. The lowest BCUT2D eigenvalue weighted by atomic mass is 9.72. The van der Waals surface area contributed by atoms with Gasteiger partial charge in [-0.2, -0.15) is 4.57 Å². The van der Waals surface area contributed by atoms with Crippen molar-refractivity contribution < 1.29 is 14.2 Å². The summed E-state index contributed by atoms with van der Waals surface area (Å²) in [6, 6.07) is 12.5. The van der Waals surface area contributed by atoms with E-state index < -0.39 is 5.41 Å². The molecule has 2 heterocycles. The van der Waals surface area contributed by atoms with E-state index in [1.54, 1.807) is 0 Å². The molecule has 130 valence electrons. The summed E-state index contributed by atoms with van der Waals surface area (Å²) < 4.78 is 2.21. The normalized spacial score (nSPS) is 20.5. The van der Waals surface area contributed by atoms with E-state index in [1.165, 1.54) is 17.0 Å². The van der Waals surface area contributed by atoms with Crippen molar-refractivity contribution in [2.24, 2.45) is 0 Å². The number of pyridine rings is 1. The lowest BCUT2D eigenvalue weighted by Crippen LogP contribution is -2.51. The first-order chi connectivity index (χ1) is 11.9. The maximum absolute atomic E-state index is 12.5. The summed E-state index contributed by atoms with van der Waals surface area (Å²) in [5, 5.41) is 2.51. The molecule has 4 heteroatoms. The van der Waals surface area contributed by atoms with Crippen molar-refractivity contribution in [3.63, 3.8) is 0 Å². The van der Waals surface area contributed by atoms with Crippen LogP contribution in [0.1, 0.15) is 48.7 Å². The molecule has 1 atom stereocenters. The number of aromatic nitrogens is 1. The highest BCUT2D eigenvalue weighted by atomic mass is 16.2. The quantitative estimate of drug-likeness (QED) is 0.691. The molecule has 25 heavy (non-hydrogen) atoms. The number of hydrogen-bond acceptors (Lipinski definition) is 2. The topological polar surface area (TPSA) is 50.0 Å². The smallest absolute Gasteiger partial charge is 0.237 e. The van der Waals surface area contributed by atoms with Crippen molar-refractivity contribution >= 4 is 11.8 Å². The van der Waals surface area contributed by atoms with Gasteiger partial charge in [0.05, 0.1) is 5.41 Å². The lowest BCUT2D eigenvalue weighted by Gasteiger charge is -2.34. The standard InChI is InChI=1S/C21H24N2O2/c1-5-21(11-10-19(24)22-20(21)25)17-6-8-18(9-7-17)23-15(3)12-14(2)13-16(23)4/h6-9,12-13H,5,10-11H2,1-4H3/p+1. The summed E-state index contributed by atoms with van der Waals surface area (Å²) in [5.74, 6) is -0.346. The first kappa shape index (κ1) is 17.3. The molecular formula is C21H25N2O2+. The number of nitrogens with one attached hydrogen (secondary N) is 1. The minimum atomic E-state index is -0.603. The summed E-state index contributed by atoms with van der Waals surface area (Å²) in [6.45, 7) is 8.30. The molecule has 0 saturated carbocycles. The number of aryl methyl sites for hydroxylation is 3. The van der Waals surface area contributed by atoms with E-state index in [4.69, 9.17) is 0 Å². The predicted molar refractivity (Wildman–Crippen MR) is 96.5 cm³/mol. The van der Waals surface area contributed by atoms with Gasteiger partial charge in [0.15, 0.2) is 11.4 Å². The summed E-state index contributed by atoms with van der Waals surface area (Å²) in [4.78, 5) is 24.0. The molecule has 1 unspecified atom stereocenters. The molecule has 2 amide bonds. The van der Waals surface area contributed by atoms with Crippen molar-refractivity contribution in [2.75, 3.05) is 0 Å². The average Bonchev–Trinajstić information content (AvgIpc) is 2.55. The maximum atomic E-state index is 12.5. The largest absolute Gasteiger partial charge is 0.296 e. The van der Waals surface area contributed by atoms with E-state index >= 15 is 0 Å².